The van der Waals surface area contributed by atoms with Gasteiger partial charge in [-0.25, -0.2) is 15.0 Å². The smallest absolute Gasteiger partial charge is 0.164 e. The lowest BCUT2D eigenvalue weighted by atomic mass is 9.54. The quantitative estimate of drug-likeness (QED) is 0.171. The zero-order chi connectivity index (χ0) is 37.9. The van der Waals surface area contributed by atoms with E-state index >= 15 is 0 Å². The van der Waals surface area contributed by atoms with Gasteiger partial charge in [0.15, 0.2) is 17.5 Å². The fraction of sp³-hybridized carbons (Fsp3) is 0.231. The van der Waals surface area contributed by atoms with E-state index in [9.17, 15) is 5.26 Å². The molecule has 3 unspecified atom stereocenters. The molecule has 4 heteroatoms. The first kappa shape index (κ1) is 34.3. The summed E-state index contributed by atoms with van der Waals surface area (Å²) in [6.45, 7) is 4.93. The standard InChI is InChI=1S/C52H44N4/c1-34-26-37-27-35(2)31-51(30-34,32-37)41-21-23-42(24-22-41)52(43-17-11-12-36(28-43)33-53)46-19-10-9-18-44(46)45-29-40(20-25-47(45)52)50-55-48(38-13-5-3-6-14-38)54-49(56-50)39-15-7-4-8-16-39/h3-25,28-29,34-35,37H,26-27,30-32H2,1-2H3/t34-,35+,37?,51?,52?. The Bertz CT molecular complexity index is 2550. The van der Waals surface area contributed by atoms with Gasteiger partial charge in [0.25, 0.3) is 0 Å². The summed E-state index contributed by atoms with van der Waals surface area (Å²) in [4.78, 5) is 15.1. The van der Waals surface area contributed by atoms with Crippen LogP contribution in [0.2, 0.25) is 0 Å². The van der Waals surface area contributed by atoms with Crippen molar-refractivity contribution in [1.82, 2.24) is 15.0 Å². The van der Waals surface area contributed by atoms with Crippen LogP contribution in [0.15, 0.2) is 152 Å². The first-order valence-electron chi connectivity index (χ1n) is 20.2. The predicted molar refractivity (Wildman–Crippen MR) is 225 cm³/mol. The lowest BCUT2D eigenvalue weighted by molar-refractivity contribution is 0.0780. The summed E-state index contributed by atoms with van der Waals surface area (Å²) in [7, 11) is 0. The first-order valence-corrected chi connectivity index (χ1v) is 20.2. The summed E-state index contributed by atoms with van der Waals surface area (Å²) in [6.07, 6.45) is 6.57. The molecule has 6 aromatic carbocycles. The van der Waals surface area contributed by atoms with Gasteiger partial charge in [0.2, 0.25) is 0 Å². The number of rotatable bonds is 6. The van der Waals surface area contributed by atoms with Gasteiger partial charge in [-0.2, -0.15) is 5.26 Å². The van der Waals surface area contributed by atoms with Crippen molar-refractivity contribution < 1.29 is 0 Å². The Hall–Kier alpha value is -6.18. The highest BCUT2D eigenvalue weighted by Gasteiger charge is 2.48. The highest BCUT2D eigenvalue weighted by molar-refractivity contribution is 5.88. The van der Waals surface area contributed by atoms with Crippen LogP contribution in [0, 0.1) is 29.1 Å². The summed E-state index contributed by atoms with van der Waals surface area (Å²) >= 11 is 0. The third-order valence-electron chi connectivity index (χ3n) is 13.0. The Kier molecular flexibility index (Phi) is 8.29. The minimum Gasteiger partial charge on any atom is -0.208 e. The van der Waals surface area contributed by atoms with Crippen molar-refractivity contribution in [3.05, 3.63) is 185 Å². The summed E-state index contributed by atoms with van der Waals surface area (Å²) < 4.78 is 0. The maximum absolute atomic E-state index is 10.2. The molecule has 2 saturated carbocycles. The monoisotopic (exact) mass is 724 g/mol. The SMILES string of the molecule is C[C@@H]1CC2C[C@H](C)CC(c3ccc(C4(c5cccc(C#N)c5)c5ccccc5-c5cc(-c6nc(-c7ccccc7)nc(-c7ccccc7)n6)ccc54)cc3)(C2)C1. The number of benzene rings is 6. The van der Waals surface area contributed by atoms with E-state index in [4.69, 9.17) is 15.0 Å². The summed E-state index contributed by atoms with van der Waals surface area (Å²) in [5.74, 6) is 4.24. The topological polar surface area (TPSA) is 62.5 Å². The van der Waals surface area contributed by atoms with Crippen LogP contribution in [-0.4, -0.2) is 15.0 Å². The molecule has 7 aromatic rings. The zero-order valence-corrected chi connectivity index (χ0v) is 32.0. The minimum atomic E-state index is -0.626. The van der Waals surface area contributed by atoms with Gasteiger partial charge in [-0.15, -0.1) is 0 Å². The number of aromatic nitrogens is 3. The van der Waals surface area contributed by atoms with Crippen molar-refractivity contribution in [2.24, 2.45) is 17.8 Å². The molecule has 10 rings (SSSR count). The Labute approximate surface area is 330 Å². The van der Waals surface area contributed by atoms with Gasteiger partial charge in [-0.05, 0) is 112 Å². The molecule has 3 aliphatic carbocycles. The molecule has 56 heavy (non-hydrogen) atoms. The highest BCUT2D eigenvalue weighted by Crippen LogP contribution is 2.58. The minimum absolute atomic E-state index is 0.245. The maximum atomic E-state index is 10.2. The van der Waals surface area contributed by atoms with Crippen LogP contribution in [0.3, 0.4) is 0 Å². The number of hydrogen-bond acceptors (Lipinski definition) is 4. The number of fused-ring (bicyclic) bond motifs is 5. The molecule has 0 amide bonds. The maximum Gasteiger partial charge on any atom is 0.164 e. The van der Waals surface area contributed by atoms with E-state index in [0.717, 1.165) is 45.6 Å². The van der Waals surface area contributed by atoms with E-state index in [1.807, 2.05) is 72.8 Å². The Morgan fingerprint density at radius 1 is 0.500 bits per heavy atom. The van der Waals surface area contributed by atoms with Crippen LogP contribution in [0.4, 0.5) is 0 Å². The molecule has 0 N–H and O–H groups in total. The van der Waals surface area contributed by atoms with E-state index < -0.39 is 5.41 Å². The van der Waals surface area contributed by atoms with Crippen LogP contribution in [-0.2, 0) is 10.8 Å². The van der Waals surface area contributed by atoms with Crippen LogP contribution < -0.4 is 0 Å². The third kappa shape index (κ3) is 5.60. The van der Waals surface area contributed by atoms with E-state index in [1.54, 1.807) is 0 Å². The van der Waals surface area contributed by atoms with Gasteiger partial charge >= 0.3 is 0 Å². The molecule has 0 aliphatic heterocycles. The van der Waals surface area contributed by atoms with Crippen molar-refractivity contribution in [1.29, 1.82) is 5.26 Å². The molecular weight excluding hydrogens is 681 g/mol. The molecule has 2 bridgehead atoms. The molecule has 4 nitrogen and oxygen atoms in total. The molecule has 5 atom stereocenters. The summed E-state index contributed by atoms with van der Waals surface area (Å²) in [5.41, 5.74) is 11.6. The Morgan fingerprint density at radius 3 is 1.71 bits per heavy atom. The van der Waals surface area contributed by atoms with Crippen molar-refractivity contribution in [2.75, 3.05) is 0 Å². The zero-order valence-electron chi connectivity index (χ0n) is 32.0. The second-order valence-electron chi connectivity index (χ2n) is 16.8. The second-order valence-corrected chi connectivity index (χ2v) is 16.8. The van der Waals surface area contributed by atoms with Gasteiger partial charge in [-0.3, -0.25) is 0 Å². The van der Waals surface area contributed by atoms with Gasteiger partial charge in [0.1, 0.15) is 0 Å². The van der Waals surface area contributed by atoms with Crippen LogP contribution in [0.5, 0.6) is 0 Å². The van der Waals surface area contributed by atoms with Gasteiger partial charge in [0.05, 0.1) is 17.0 Å². The highest BCUT2D eigenvalue weighted by atomic mass is 15.0. The molecule has 0 saturated heterocycles. The van der Waals surface area contributed by atoms with Crippen molar-refractivity contribution in [3.8, 4) is 51.4 Å². The van der Waals surface area contributed by atoms with E-state index in [0.29, 0.717) is 23.0 Å². The number of nitriles is 1. The van der Waals surface area contributed by atoms with Crippen LogP contribution >= 0.6 is 0 Å². The number of hydrogen-bond donors (Lipinski definition) is 0. The predicted octanol–water partition coefficient (Wildman–Crippen LogP) is 12.2. The van der Waals surface area contributed by atoms with E-state index in [1.165, 1.54) is 59.9 Å². The van der Waals surface area contributed by atoms with Crippen LogP contribution in [0.25, 0.3) is 45.3 Å². The molecule has 3 aliphatic rings. The van der Waals surface area contributed by atoms with E-state index in [-0.39, 0.29) is 5.41 Å². The molecule has 272 valence electrons. The van der Waals surface area contributed by atoms with Gasteiger partial charge in [0, 0.05) is 16.7 Å². The molecule has 1 aromatic heterocycles. The van der Waals surface area contributed by atoms with Crippen molar-refractivity contribution in [3.63, 3.8) is 0 Å². The molecule has 1 heterocycles. The first-order chi connectivity index (χ1) is 27.4. The third-order valence-corrected chi connectivity index (χ3v) is 13.0. The fourth-order valence-electron chi connectivity index (χ4n) is 11.1. The van der Waals surface area contributed by atoms with E-state index in [2.05, 4.69) is 98.8 Å². The average molecular weight is 725 g/mol. The molecule has 2 fully saturated rings. The largest absolute Gasteiger partial charge is 0.208 e. The van der Waals surface area contributed by atoms with Gasteiger partial charge in [-0.1, -0.05) is 147 Å². The van der Waals surface area contributed by atoms with Gasteiger partial charge < -0.3 is 0 Å². The Balaban J connectivity index is 1.16. The van der Waals surface area contributed by atoms with Crippen molar-refractivity contribution in [2.45, 2.75) is 56.8 Å². The lowest BCUT2D eigenvalue weighted by Gasteiger charge is -2.50. The second kappa shape index (κ2) is 13.5. The Morgan fingerprint density at radius 2 is 1.07 bits per heavy atom. The molecule has 0 spiro atoms. The molecule has 0 radical (unpaired) electrons. The molecular formula is C52H44N4. The number of nitrogens with zero attached hydrogens (tertiary/aromatic N) is 4. The average Bonchev–Trinajstić information content (AvgIpc) is 3.54. The summed E-state index contributed by atoms with van der Waals surface area (Å²) in [5, 5.41) is 10.2. The van der Waals surface area contributed by atoms with Crippen molar-refractivity contribution >= 4 is 0 Å². The van der Waals surface area contributed by atoms with Crippen LogP contribution in [0.1, 0.15) is 79.3 Å². The lowest BCUT2D eigenvalue weighted by Crippen LogP contribution is -2.42. The normalized spacial score (nSPS) is 23.5. The fourth-order valence-corrected chi connectivity index (χ4v) is 11.1. The summed E-state index contributed by atoms with van der Waals surface area (Å²) in [6, 6.07) is 56.2.